The highest BCUT2D eigenvalue weighted by atomic mass is 35.5. The van der Waals surface area contributed by atoms with E-state index in [4.69, 9.17) is 4.74 Å². The second-order valence-electron chi connectivity index (χ2n) is 6.41. The number of piperidine rings is 1. The summed E-state index contributed by atoms with van der Waals surface area (Å²) in [6.07, 6.45) is 8.79. The average molecular weight is 343 g/mol. The Morgan fingerprint density at radius 1 is 1.43 bits per heavy atom. The van der Waals surface area contributed by atoms with Crippen molar-refractivity contribution in [2.24, 2.45) is 0 Å². The summed E-state index contributed by atoms with van der Waals surface area (Å²) in [6.45, 7) is 3.19. The van der Waals surface area contributed by atoms with Crippen LogP contribution >= 0.6 is 12.4 Å². The van der Waals surface area contributed by atoms with Gasteiger partial charge in [-0.2, -0.15) is 5.10 Å². The molecule has 1 atom stereocenters. The Kier molecular flexibility index (Phi) is 6.44. The number of ether oxygens (including phenoxy) is 1. The predicted molar refractivity (Wildman–Crippen MR) is 90.8 cm³/mol. The number of hydrogen-bond acceptors (Lipinski definition) is 4. The molecule has 7 heteroatoms. The summed E-state index contributed by atoms with van der Waals surface area (Å²) in [5, 5.41) is 7.71. The van der Waals surface area contributed by atoms with Gasteiger partial charge in [-0.3, -0.25) is 9.48 Å². The van der Waals surface area contributed by atoms with E-state index in [1.807, 2.05) is 28.9 Å². The standard InChI is InChI=1S/C16H26N4O2.ClH/c1-19(13-14-5-2-3-12-22-14)15(21)16(6-9-17-10-7-16)20-11-4-8-18-20;/h4,8,11,14,17H,2-3,5-7,9-10,12-13H2,1H3;1H. The van der Waals surface area contributed by atoms with Crippen molar-refractivity contribution >= 4 is 18.3 Å². The minimum absolute atomic E-state index is 0. The summed E-state index contributed by atoms with van der Waals surface area (Å²) in [5.74, 6) is 0.159. The minimum Gasteiger partial charge on any atom is -0.376 e. The first-order valence-corrected chi connectivity index (χ1v) is 8.30. The predicted octanol–water partition coefficient (Wildman–Crippen LogP) is 1.41. The zero-order chi connectivity index (χ0) is 15.4. The Bertz CT molecular complexity index is 482. The molecule has 3 heterocycles. The topological polar surface area (TPSA) is 59.4 Å². The molecule has 6 nitrogen and oxygen atoms in total. The lowest BCUT2D eigenvalue weighted by atomic mass is 9.86. The van der Waals surface area contributed by atoms with Gasteiger partial charge in [0.2, 0.25) is 5.91 Å². The van der Waals surface area contributed by atoms with E-state index in [1.165, 1.54) is 6.42 Å². The normalized spacial score (nSPS) is 23.8. The Labute approximate surface area is 144 Å². The van der Waals surface area contributed by atoms with Crippen LogP contribution in [0, 0.1) is 0 Å². The molecule has 2 saturated heterocycles. The van der Waals surface area contributed by atoms with Crippen molar-refractivity contribution in [1.82, 2.24) is 20.0 Å². The van der Waals surface area contributed by atoms with E-state index in [0.29, 0.717) is 6.54 Å². The van der Waals surface area contributed by atoms with Gasteiger partial charge in [0, 0.05) is 32.6 Å². The molecular formula is C16H27ClN4O2. The maximum atomic E-state index is 13.2. The summed E-state index contributed by atoms with van der Waals surface area (Å²) >= 11 is 0. The second-order valence-corrected chi connectivity index (χ2v) is 6.41. The third kappa shape index (κ3) is 3.87. The van der Waals surface area contributed by atoms with Crippen LogP contribution in [0.5, 0.6) is 0 Å². The molecule has 0 aromatic carbocycles. The van der Waals surface area contributed by atoms with Crippen molar-refractivity contribution in [2.45, 2.75) is 43.7 Å². The summed E-state index contributed by atoms with van der Waals surface area (Å²) in [5.41, 5.74) is -0.543. The molecule has 1 unspecified atom stereocenters. The van der Waals surface area contributed by atoms with Crippen LogP contribution < -0.4 is 5.32 Å². The first kappa shape index (κ1) is 18.2. The molecule has 1 aromatic heterocycles. The van der Waals surface area contributed by atoms with E-state index in [2.05, 4.69) is 10.4 Å². The number of carbonyl (C=O) groups excluding carboxylic acids is 1. The number of halogens is 1. The van der Waals surface area contributed by atoms with E-state index in [9.17, 15) is 4.79 Å². The molecule has 1 amide bonds. The largest absolute Gasteiger partial charge is 0.376 e. The molecular weight excluding hydrogens is 316 g/mol. The third-order valence-corrected chi connectivity index (χ3v) is 4.87. The lowest BCUT2D eigenvalue weighted by Gasteiger charge is -2.40. The second kappa shape index (κ2) is 8.13. The number of aromatic nitrogens is 2. The van der Waals surface area contributed by atoms with Gasteiger partial charge < -0.3 is 15.0 Å². The van der Waals surface area contributed by atoms with Crippen LogP contribution in [-0.4, -0.2) is 60.0 Å². The van der Waals surface area contributed by atoms with Gasteiger partial charge in [0.05, 0.1) is 6.10 Å². The van der Waals surface area contributed by atoms with Crippen molar-refractivity contribution in [3.8, 4) is 0 Å². The number of carbonyl (C=O) groups is 1. The van der Waals surface area contributed by atoms with Gasteiger partial charge in [0.25, 0.3) is 0 Å². The number of amides is 1. The third-order valence-electron chi connectivity index (χ3n) is 4.87. The van der Waals surface area contributed by atoms with Crippen molar-refractivity contribution in [3.63, 3.8) is 0 Å². The van der Waals surface area contributed by atoms with Crippen LogP contribution in [0.25, 0.3) is 0 Å². The average Bonchev–Trinajstić information content (AvgIpc) is 3.11. The van der Waals surface area contributed by atoms with Crippen LogP contribution in [0.2, 0.25) is 0 Å². The zero-order valence-electron chi connectivity index (χ0n) is 13.7. The molecule has 23 heavy (non-hydrogen) atoms. The Balaban J connectivity index is 0.00000192. The molecule has 130 valence electrons. The van der Waals surface area contributed by atoms with Crippen LogP contribution in [0.4, 0.5) is 0 Å². The summed E-state index contributed by atoms with van der Waals surface area (Å²) in [6, 6.07) is 1.89. The molecule has 0 saturated carbocycles. The van der Waals surface area contributed by atoms with Crippen LogP contribution in [0.3, 0.4) is 0 Å². The lowest BCUT2D eigenvalue weighted by molar-refractivity contribution is -0.144. The fourth-order valence-corrected chi connectivity index (χ4v) is 3.60. The maximum Gasteiger partial charge on any atom is 0.250 e. The van der Waals surface area contributed by atoms with E-state index < -0.39 is 5.54 Å². The molecule has 0 bridgehead atoms. The number of rotatable bonds is 4. The monoisotopic (exact) mass is 342 g/mol. The van der Waals surface area contributed by atoms with E-state index in [0.717, 1.165) is 45.4 Å². The Hall–Kier alpha value is -1.11. The SMILES string of the molecule is CN(CC1CCCCO1)C(=O)C1(n2cccn2)CCNCC1.Cl. The van der Waals surface area contributed by atoms with Crippen molar-refractivity contribution < 1.29 is 9.53 Å². The summed E-state index contributed by atoms with van der Waals surface area (Å²) in [4.78, 5) is 15.0. The van der Waals surface area contributed by atoms with Gasteiger partial charge in [-0.1, -0.05) is 0 Å². The number of hydrogen-bond donors (Lipinski definition) is 1. The van der Waals surface area contributed by atoms with Crippen molar-refractivity contribution in [1.29, 1.82) is 0 Å². The van der Waals surface area contributed by atoms with Crippen molar-refractivity contribution in [2.75, 3.05) is 33.3 Å². The molecule has 0 spiro atoms. The lowest BCUT2D eigenvalue weighted by Crippen LogP contribution is -2.56. The van der Waals surface area contributed by atoms with Gasteiger partial charge in [0.1, 0.15) is 5.54 Å². The summed E-state index contributed by atoms with van der Waals surface area (Å²) in [7, 11) is 1.90. The Morgan fingerprint density at radius 3 is 2.83 bits per heavy atom. The van der Waals surface area contributed by atoms with Gasteiger partial charge in [0.15, 0.2) is 0 Å². The zero-order valence-corrected chi connectivity index (χ0v) is 14.6. The highest BCUT2D eigenvalue weighted by Crippen LogP contribution is 2.29. The molecule has 1 N–H and O–H groups in total. The first-order chi connectivity index (χ1) is 10.7. The number of nitrogens with zero attached hydrogens (tertiary/aromatic N) is 3. The van der Waals surface area contributed by atoms with E-state index >= 15 is 0 Å². The highest BCUT2D eigenvalue weighted by Gasteiger charge is 2.43. The van der Waals surface area contributed by atoms with Gasteiger partial charge in [-0.05, 0) is 51.3 Å². The molecule has 2 fully saturated rings. The fourth-order valence-electron chi connectivity index (χ4n) is 3.60. The van der Waals surface area contributed by atoms with E-state index in [-0.39, 0.29) is 24.4 Å². The molecule has 1 aromatic rings. The molecule has 2 aliphatic heterocycles. The molecule has 2 aliphatic rings. The number of nitrogens with one attached hydrogen (secondary N) is 1. The maximum absolute atomic E-state index is 13.2. The van der Waals surface area contributed by atoms with Gasteiger partial charge in [-0.15, -0.1) is 12.4 Å². The minimum atomic E-state index is -0.543. The molecule has 0 aliphatic carbocycles. The molecule has 0 radical (unpaired) electrons. The van der Waals surface area contributed by atoms with E-state index in [1.54, 1.807) is 6.20 Å². The van der Waals surface area contributed by atoms with Crippen molar-refractivity contribution in [3.05, 3.63) is 18.5 Å². The van der Waals surface area contributed by atoms with Crippen LogP contribution in [-0.2, 0) is 15.1 Å². The fraction of sp³-hybridized carbons (Fsp3) is 0.750. The summed E-state index contributed by atoms with van der Waals surface area (Å²) < 4.78 is 7.64. The Morgan fingerprint density at radius 2 is 2.22 bits per heavy atom. The van der Waals surface area contributed by atoms with Crippen LogP contribution in [0.15, 0.2) is 18.5 Å². The number of likely N-dealkylation sites (N-methyl/N-ethyl adjacent to an activating group) is 1. The quantitative estimate of drug-likeness (QED) is 0.898. The van der Waals surface area contributed by atoms with Gasteiger partial charge >= 0.3 is 0 Å². The van der Waals surface area contributed by atoms with Crippen LogP contribution in [0.1, 0.15) is 32.1 Å². The smallest absolute Gasteiger partial charge is 0.250 e. The first-order valence-electron chi connectivity index (χ1n) is 8.30. The molecule has 3 rings (SSSR count). The highest BCUT2D eigenvalue weighted by molar-refractivity contribution is 5.85. The van der Waals surface area contributed by atoms with Gasteiger partial charge in [-0.25, -0.2) is 0 Å².